The van der Waals surface area contributed by atoms with Gasteiger partial charge in [0.2, 0.25) is 0 Å². The molecule has 1 atom stereocenters. The number of pyridine rings is 1. The van der Waals surface area contributed by atoms with E-state index in [4.69, 9.17) is 9.47 Å². The van der Waals surface area contributed by atoms with Crippen molar-refractivity contribution in [2.24, 2.45) is 0 Å². The van der Waals surface area contributed by atoms with Crippen molar-refractivity contribution in [3.05, 3.63) is 68.4 Å². The summed E-state index contributed by atoms with van der Waals surface area (Å²) in [5.74, 6) is 1.48. The second kappa shape index (κ2) is 9.82. The van der Waals surface area contributed by atoms with Gasteiger partial charge in [-0.2, -0.15) is 0 Å². The summed E-state index contributed by atoms with van der Waals surface area (Å²) >= 11 is 1.70. The summed E-state index contributed by atoms with van der Waals surface area (Å²) in [7, 11) is 1.61. The maximum atomic E-state index is 12.9. The molecule has 33 heavy (non-hydrogen) atoms. The standard InChI is InChI=1S/C23H26N6O3S/c1-31-18-7-6-16-10-17(23(30)24-21(16)11-18)12-28(14-20-5-3-9-33-20)15-22-25-26-27-29(22)13-19-4-2-8-32-19/h3,5-7,9-11,19H,2,4,8,12-15H2,1H3,(H,24,30). The number of rotatable bonds is 9. The van der Waals surface area contributed by atoms with Crippen LogP contribution in [0.15, 0.2) is 46.6 Å². The molecular weight excluding hydrogens is 440 g/mol. The lowest BCUT2D eigenvalue weighted by atomic mass is 10.1. The third-order valence-corrected chi connectivity index (χ3v) is 6.72. The number of aromatic amines is 1. The minimum Gasteiger partial charge on any atom is -0.497 e. The smallest absolute Gasteiger partial charge is 0.252 e. The van der Waals surface area contributed by atoms with Crippen LogP contribution in [0.2, 0.25) is 0 Å². The van der Waals surface area contributed by atoms with Crippen LogP contribution in [-0.2, 0) is 30.9 Å². The largest absolute Gasteiger partial charge is 0.497 e. The second-order valence-corrected chi connectivity index (χ2v) is 9.25. The van der Waals surface area contributed by atoms with Crippen LogP contribution >= 0.6 is 11.3 Å². The van der Waals surface area contributed by atoms with Gasteiger partial charge in [-0.25, -0.2) is 4.68 Å². The zero-order chi connectivity index (χ0) is 22.6. The van der Waals surface area contributed by atoms with E-state index in [1.54, 1.807) is 18.4 Å². The van der Waals surface area contributed by atoms with Gasteiger partial charge in [-0.15, -0.1) is 16.4 Å². The lowest BCUT2D eigenvalue weighted by Crippen LogP contribution is -2.28. The minimum absolute atomic E-state index is 0.106. The van der Waals surface area contributed by atoms with E-state index in [9.17, 15) is 4.79 Å². The molecule has 1 unspecified atom stereocenters. The molecule has 0 radical (unpaired) electrons. The molecule has 0 spiro atoms. The van der Waals surface area contributed by atoms with Gasteiger partial charge in [0.1, 0.15) is 5.75 Å². The van der Waals surface area contributed by atoms with Crippen molar-refractivity contribution < 1.29 is 9.47 Å². The number of fused-ring (bicyclic) bond motifs is 1. The number of ether oxygens (including phenoxy) is 2. The highest BCUT2D eigenvalue weighted by molar-refractivity contribution is 7.09. The van der Waals surface area contributed by atoms with Crippen LogP contribution in [0.25, 0.3) is 10.9 Å². The lowest BCUT2D eigenvalue weighted by molar-refractivity contribution is 0.0915. The van der Waals surface area contributed by atoms with Crippen LogP contribution in [-0.4, -0.2) is 49.9 Å². The topological polar surface area (TPSA) is 98.2 Å². The van der Waals surface area contributed by atoms with Crippen LogP contribution < -0.4 is 10.3 Å². The van der Waals surface area contributed by atoms with Gasteiger partial charge in [0.15, 0.2) is 5.82 Å². The quantitative estimate of drug-likeness (QED) is 0.405. The summed E-state index contributed by atoms with van der Waals surface area (Å²) in [5.41, 5.74) is 1.35. The summed E-state index contributed by atoms with van der Waals surface area (Å²) in [6.07, 6.45) is 2.25. The Labute approximate surface area is 194 Å². The van der Waals surface area contributed by atoms with Gasteiger partial charge in [-0.3, -0.25) is 9.69 Å². The SMILES string of the molecule is COc1ccc2cc(CN(Cc3cccs3)Cc3nnnn3CC3CCCO3)c(=O)[nH]c2c1. The number of benzene rings is 1. The molecule has 4 aromatic rings. The van der Waals surface area contributed by atoms with Crippen LogP contribution in [0, 0.1) is 0 Å². The monoisotopic (exact) mass is 466 g/mol. The molecule has 5 rings (SSSR count). The Morgan fingerprint density at radius 2 is 2.21 bits per heavy atom. The zero-order valence-corrected chi connectivity index (χ0v) is 19.3. The number of thiophene rings is 1. The van der Waals surface area contributed by atoms with Crippen molar-refractivity contribution in [3.8, 4) is 5.75 Å². The average molecular weight is 467 g/mol. The first-order valence-corrected chi connectivity index (χ1v) is 11.9. The van der Waals surface area contributed by atoms with E-state index in [2.05, 4.69) is 36.9 Å². The highest BCUT2D eigenvalue weighted by Crippen LogP contribution is 2.21. The second-order valence-electron chi connectivity index (χ2n) is 8.21. The first kappa shape index (κ1) is 21.7. The fourth-order valence-corrected chi connectivity index (χ4v) is 4.91. The molecule has 4 heterocycles. The maximum absolute atomic E-state index is 12.9. The molecule has 9 nitrogen and oxygen atoms in total. The first-order valence-electron chi connectivity index (χ1n) is 11.0. The summed E-state index contributed by atoms with van der Waals surface area (Å²) in [6.45, 7) is 3.14. The third-order valence-electron chi connectivity index (χ3n) is 5.86. The normalized spacial score (nSPS) is 16.1. The fraction of sp³-hybridized carbons (Fsp3) is 0.391. The Hall–Kier alpha value is -3.08. The molecule has 172 valence electrons. The van der Waals surface area contributed by atoms with Crippen molar-refractivity contribution in [1.29, 1.82) is 0 Å². The van der Waals surface area contributed by atoms with Crippen molar-refractivity contribution >= 4 is 22.2 Å². The molecule has 1 aliphatic rings. The Kier molecular flexibility index (Phi) is 6.47. The number of H-pyrrole nitrogens is 1. The van der Waals surface area contributed by atoms with Crippen LogP contribution in [0.5, 0.6) is 5.75 Å². The number of hydrogen-bond donors (Lipinski definition) is 1. The molecule has 10 heteroatoms. The van der Waals surface area contributed by atoms with Crippen LogP contribution in [0.3, 0.4) is 0 Å². The van der Waals surface area contributed by atoms with E-state index in [0.717, 1.165) is 36.2 Å². The molecule has 1 N–H and O–H groups in total. The highest BCUT2D eigenvalue weighted by atomic mass is 32.1. The number of methoxy groups -OCH3 is 1. The van der Waals surface area contributed by atoms with E-state index in [0.29, 0.717) is 37.5 Å². The van der Waals surface area contributed by atoms with E-state index < -0.39 is 0 Å². The summed E-state index contributed by atoms with van der Waals surface area (Å²) in [5, 5.41) is 15.4. The molecule has 0 amide bonds. The highest BCUT2D eigenvalue weighted by Gasteiger charge is 2.21. The number of tetrazole rings is 1. The van der Waals surface area contributed by atoms with E-state index in [1.807, 2.05) is 35.0 Å². The molecular formula is C23H26N6O3S. The summed E-state index contributed by atoms with van der Waals surface area (Å²) in [4.78, 5) is 19.3. The van der Waals surface area contributed by atoms with Crippen molar-refractivity contribution in [1.82, 2.24) is 30.1 Å². The van der Waals surface area contributed by atoms with E-state index in [1.165, 1.54) is 4.88 Å². The van der Waals surface area contributed by atoms with Gasteiger partial charge < -0.3 is 14.5 Å². The number of hydrogen-bond acceptors (Lipinski definition) is 8. The molecule has 0 aliphatic carbocycles. The van der Waals surface area contributed by atoms with Gasteiger partial charge in [0.05, 0.1) is 31.8 Å². The zero-order valence-electron chi connectivity index (χ0n) is 18.4. The predicted octanol–water partition coefficient (Wildman–Crippen LogP) is 2.97. The van der Waals surface area contributed by atoms with Crippen LogP contribution in [0.1, 0.15) is 29.1 Å². The molecule has 0 bridgehead atoms. The Bertz CT molecular complexity index is 1260. The molecule has 1 fully saturated rings. The lowest BCUT2D eigenvalue weighted by Gasteiger charge is -2.21. The average Bonchev–Trinajstić information content (AvgIpc) is 3.59. The number of nitrogens with zero attached hydrogens (tertiary/aromatic N) is 5. The van der Waals surface area contributed by atoms with Gasteiger partial charge in [0.25, 0.3) is 5.56 Å². The van der Waals surface area contributed by atoms with E-state index in [-0.39, 0.29) is 11.7 Å². The van der Waals surface area contributed by atoms with Gasteiger partial charge in [0, 0.05) is 36.2 Å². The van der Waals surface area contributed by atoms with Crippen molar-refractivity contribution in [3.63, 3.8) is 0 Å². The predicted molar refractivity (Wildman–Crippen MR) is 125 cm³/mol. The molecule has 1 aliphatic heterocycles. The van der Waals surface area contributed by atoms with E-state index >= 15 is 0 Å². The van der Waals surface area contributed by atoms with Crippen molar-refractivity contribution in [2.45, 2.75) is 45.1 Å². The summed E-state index contributed by atoms with van der Waals surface area (Å²) < 4.78 is 12.9. The fourth-order valence-electron chi connectivity index (χ4n) is 4.16. The minimum atomic E-state index is -0.106. The molecule has 0 saturated carbocycles. The first-order chi connectivity index (χ1) is 16.2. The van der Waals surface area contributed by atoms with Crippen LogP contribution in [0.4, 0.5) is 0 Å². The van der Waals surface area contributed by atoms with Crippen molar-refractivity contribution in [2.75, 3.05) is 13.7 Å². The maximum Gasteiger partial charge on any atom is 0.252 e. The van der Waals surface area contributed by atoms with Gasteiger partial charge >= 0.3 is 0 Å². The number of nitrogens with one attached hydrogen (secondary N) is 1. The Morgan fingerprint density at radius 3 is 3.00 bits per heavy atom. The van der Waals surface area contributed by atoms with Gasteiger partial charge in [-0.05, 0) is 58.3 Å². The molecule has 3 aromatic heterocycles. The Balaban J connectivity index is 1.40. The summed E-state index contributed by atoms with van der Waals surface area (Å²) in [6, 6.07) is 11.8. The Morgan fingerprint density at radius 1 is 1.27 bits per heavy atom. The molecule has 1 saturated heterocycles. The molecule has 1 aromatic carbocycles. The third kappa shape index (κ3) is 5.13. The van der Waals surface area contributed by atoms with Gasteiger partial charge in [-0.1, -0.05) is 6.07 Å². The number of aromatic nitrogens is 5.